The number of hydrogen-bond acceptors (Lipinski definition) is 5. The smallest absolute Gasteiger partial charge is 0.273 e. The highest BCUT2D eigenvalue weighted by atomic mass is 79.9. The van der Waals surface area contributed by atoms with E-state index in [1.165, 1.54) is 11.3 Å². The van der Waals surface area contributed by atoms with Crippen LogP contribution in [-0.4, -0.2) is 34.9 Å². The molecule has 0 radical (unpaired) electrons. The largest absolute Gasteiger partial charge is 0.334 e. The number of carbonyl (C=O) groups is 1. The molecule has 2 atom stereocenters. The van der Waals surface area contributed by atoms with Crippen LogP contribution in [0.5, 0.6) is 0 Å². The van der Waals surface area contributed by atoms with Gasteiger partial charge in [-0.1, -0.05) is 0 Å². The number of aromatic nitrogens is 1. The Balaban J connectivity index is 0.00000176. The van der Waals surface area contributed by atoms with E-state index < -0.39 is 0 Å². The number of thiazole rings is 1. The summed E-state index contributed by atoms with van der Waals surface area (Å²) < 4.78 is 1.07. The van der Waals surface area contributed by atoms with E-state index in [4.69, 9.17) is 5.73 Å². The summed E-state index contributed by atoms with van der Waals surface area (Å²) in [7, 11) is 0. The lowest BCUT2D eigenvalue weighted by Gasteiger charge is -2.20. The van der Waals surface area contributed by atoms with Crippen molar-refractivity contribution in [3.05, 3.63) is 27.0 Å². The summed E-state index contributed by atoms with van der Waals surface area (Å²) in [5.41, 5.74) is 6.27. The van der Waals surface area contributed by atoms with Crippen LogP contribution in [-0.2, 0) is 0 Å². The molecule has 2 aromatic heterocycles. The summed E-state index contributed by atoms with van der Waals surface area (Å²) in [4.78, 5) is 20.1. The van der Waals surface area contributed by atoms with Gasteiger partial charge in [-0.15, -0.1) is 35.1 Å². The minimum Gasteiger partial charge on any atom is -0.334 e. The van der Waals surface area contributed by atoms with Crippen molar-refractivity contribution in [3.63, 3.8) is 0 Å². The quantitative estimate of drug-likeness (QED) is 0.817. The van der Waals surface area contributed by atoms with Crippen LogP contribution in [0.1, 0.15) is 23.8 Å². The Hall–Kier alpha value is -0.470. The first-order valence-electron chi connectivity index (χ1n) is 6.80. The molecule has 0 aliphatic carbocycles. The Morgan fingerprint density at radius 1 is 1.55 bits per heavy atom. The van der Waals surface area contributed by atoms with Gasteiger partial charge >= 0.3 is 0 Å². The highest BCUT2D eigenvalue weighted by Crippen LogP contribution is 2.34. The SMILES string of the molecule is CC1CC(CN)CN1C(=O)c1csc(-c2ccc(Br)s2)n1.Cl. The van der Waals surface area contributed by atoms with Gasteiger partial charge in [0.1, 0.15) is 10.7 Å². The second kappa shape index (κ2) is 7.40. The fourth-order valence-corrected chi connectivity index (χ4v) is 4.91. The van der Waals surface area contributed by atoms with Gasteiger partial charge in [-0.3, -0.25) is 4.79 Å². The van der Waals surface area contributed by atoms with Crippen molar-refractivity contribution in [2.24, 2.45) is 11.7 Å². The normalized spacial score (nSPS) is 21.0. The van der Waals surface area contributed by atoms with Crippen LogP contribution in [0.3, 0.4) is 0 Å². The van der Waals surface area contributed by atoms with E-state index >= 15 is 0 Å². The lowest BCUT2D eigenvalue weighted by Crippen LogP contribution is -2.34. The average molecular weight is 423 g/mol. The molecule has 4 nitrogen and oxygen atoms in total. The lowest BCUT2D eigenvalue weighted by molar-refractivity contribution is 0.0738. The first kappa shape index (κ1) is 17.9. The number of halogens is 2. The summed E-state index contributed by atoms with van der Waals surface area (Å²) in [5, 5.41) is 2.75. The van der Waals surface area contributed by atoms with Gasteiger partial charge in [0.05, 0.1) is 8.66 Å². The first-order valence-corrected chi connectivity index (χ1v) is 9.29. The third kappa shape index (κ3) is 3.54. The molecule has 1 saturated heterocycles. The summed E-state index contributed by atoms with van der Waals surface area (Å²) in [6.45, 7) is 3.46. The molecule has 0 bridgehead atoms. The van der Waals surface area contributed by atoms with E-state index in [0.29, 0.717) is 18.2 Å². The van der Waals surface area contributed by atoms with Crippen LogP contribution in [0.4, 0.5) is 0 Å². The molecule has 1 aliphatic rings. The van der Waals surface area contributed by atoms with Crippen molar-refractivity contribution in [2.45, 2.75) is 19.4 Å². The zero-order valence-electron chi connectivity index (χ0n) is 12.0. The van der Waals surface area contributed by atoms with Crippen LogP contribution in [0.15, 0.2) is 21.3 Å². The molecule has 2 N–H and O–H groups in total. The van der Waals surface area contributed by atoms with Crippen LogP contribution in [0.25, 0.3) is 9.88 Å². The standard InChI is InChI=1S/C14H16BrN3OS2.ClH/c1-8-4-9(5-16)6-18(8)14(19)10-7-20-13(17-10)11-2-3-12(15)21-11;/h2-3,7-9H,4-6,16H2,1H3;1H. The summed E-state index contributed by atoms with van der Waals surface area (Å²) >= 11 is 6.59. The van der Waals surface area contributed by atoms with Crippen molar-refractivity contribution in [3.8, 4) is 9.88 Å². The van der Waals surface area contributed by atoms with Crippen molar-refractivity contribution in [1.82, 2.24) is 9.88 Å². The summed E-state index contributed by atoms with van der Waals surface area (Å²) in [6.07, 6.45) is 0.983. The topological polar surface area (TPSA) is 59.2 Å². The Morgan fingerprint density at radius 3 is 2.91 bits per heavy atom. The van der Waals surface area contributed by atoms with Crippen molar-refractivity contribution in [1.29, 1.82) is 0 Å². The number of likely N-dealkylation sites (tertiary alicyclic amines) is 1. The monoisotopic (exact) mass is 421 g/mol. The van der Waals surface area contributed by atoms with Crippen LogP contribution < -0.4 is 5.73 Å². The first-order chi connectivity index (χ1) is 10.1. The van der Waals surface area contributed by atoms with Gasteiger partial charge in [0.25, 0.3) is 5.91 Å². The fourth-order valence-electron chi connectivity index (χ4n) is 2.66. The van der Waals surface area contributed by atoms with E-state index in [1.54, 1.807) is 11.3 Å². The van der Waals surface area contributed by atoms with E-state index in [-0.39, 0.29) is 24.4 Å². The van der Waals surface area contributed by atoms with Gasteiger partial charge in [-0.25, -0.2) is 4.98 Å². The summed E-state index contributed by atoms with van der Waals surface area (Å²) in [6, 6.07) is 4.26. The second-order valence-corrected chi connectivity index (χ2v) is 8.61. The number of nitrogens with zero attached hydrogens (tertiary/aromatic N) is 2. The molecule has 0 saturated carbocycles. The number of thiophene rings is 1. The predicted molar refractivity (Wildman–Crippen MR) is 98.0 cm³/mol. The summed E-state index contributed by atoms with van der Waals surface area (Å²) in [5.74, 6) is 0.437. The second-order valence-electron chi connectivity index (χ2n) is 5.29. The van der Waals surface area contributed by atoms with Crippen LogP contribution in [0, 0.1) is 5.92 Å². The highest BCUT2D eigenvalue weighted by molar-refractivity contribution is 9.11. The van der Waals surface area contributed by atoms with Gasteiger partial charge in [-0.05, 0) is 53.9 Å². The number of hydrogen-bond donors (Lipinski definition) is 1. The number of rotatable bonds is 3. The number of nitrogens with two attached hydrogens (primary N) is 1. The van der Waals surface area contributed by atoms with Crippen molar-refractivity contribution < 1.29 is 4.79 Å². The average Bonchev–Trinajstić information content (AvgIpc) is 3.16. The Bertz CT molecular complexity index is 660. The Labute approximate surface area is 152 Å². The molecule has 2 aromatic rings. The lowest BCUT2D eigenvalue weighted by atomic mass is 10.1. The third-order valence-electron chi connectivity index (χ3n) is 3.76. The minimum absolute atomic E-state index is 0. The van der Waals surface area contributed by atoms with Crippen molar-refractivity contribution >= 4 is 56.9 Å². The molecule has 120 valence electrons. The number of amides is 1. The molecule has 22 heavy (non-hydrogen) atoms. The van der Waals surface area contributed by atoms with Gasteiger partial charge in [0.15, 0.2) is 0 Å². The van der Waals surface area contributed by atoms with E-state index in [9.17, 15) is 4.79 Å². The predicted octanol–water partition coefficient (Wildman–Crippen LogP) is 3.87. The molecule has 1 amide bonds. The third-order valence-corrected chi connectivity index (χ3v) is 6.40. The zero-order valence-corrected chi connectivity index (χ0v) is 16.0. The van der Waals surface area contributed by atoms with E-state index in [1.807, 2.05) is 22.4 Å². The molecule has 0 aromatic carbocycles. The maximum absolute atomic E-state index is 12.6. The van der Waals surface area contributed by atoms with Gasteiger partial charge < -0.3 is 10.6 Å². The Kier molecular flexibility index (Phi) is 6.01. The zero-order chi connectivity index (χ0) is 15.0. The molecular formula is C14H17BrClN3OS2. The maximum Gasteiger partial charge on any atom is 0.273 e. The van der Waals surface area contributed by atoms with E-state index in [2.05, 4.69) is 27.8 Å². The molecule has 3 heterocycles. The van der Waals surface area contributed by atoms with Crippen molar-refractivity contribution in [2.75, 3.05) is 13.1 Å². The molecule has 1 fully saturated rings. The highest BCUT2D eigenvalue weighted by Gasteiger charge is 2.33. The van der Waals surface area contributed by atoms with Crippen LogP contribution in [0.2, 0.25) is 0 Å². The molecule has 8 heteroatoms. The Morgan fingerprint density at radius 2 is 2.32 bits per heavy atom. The molecule has 0 spiro atoms. The minimum atomic E-state index is 0. The molecule has 1 aliphatic heterocycles. The number of carbonyl (C=O) groups excluding carboxylic acids is 1. The maximum atomic E-state index is 12.6. The fraction of sp³-hybridized carbons (Fsp3) is 0.429. The molecular weight excluding hydrogens is 406 g/mol. The van der Waals surface area contributed by atoms with E-state index in [0.717, 1.165) is 26.6 Å². The van der Waals surface area contributed by atoms with Gasteiger partial charge in [-0.2, -0.15) is 0 Å². The molecule has 2 unspecified atom stereocenters. The van der Waals surface area contributed by atoms with Gasteiger partial charge in [0.2, 0.25) is 0 Å². The molecule has 3 rings (SSSR count). The van der Waals surface area contributed by atoms with Gasteiger partial charge in [0, 0.05) is 18.0 Å². The van der Waals surface area contributed by atoms with Crippen LogP contribution >= 0.6 is 51.0 Å².